The van der Waals surface area contributed by atoms with Crippen LogP contribution in [0.25, 0.3) is 11.0 Å². The van der Waals surface area contributed by atoms with E-state index >= 15 is 0 Å². The van der Waals surface area contributed by atoms with Crippen LogP contribution in [0.5, 0.6) is 0 Å². The molecule has 9 heteroatoms. The van der Waals surface area contributed by atoms with Gasteiger partial charge in [0.1, 0.15) is 11.0 Å². The van der Waals surface area contributed by atoms with Crippen LogP contribution < -0.4 is 5.56 Å². The van der Waals surface area contributed by atoms with Crippen molar-refractivity contribution in [1.82, 2.24) is 30.1 Å². The Labute approximate surface area is 158 Å². The van der Waals surface area contributed by atoms with E-state index in [9.17, 15) is 9.59 Å². The Balaban J connectivity index is 1.25. The van der Waals surface area contributed by atoms with Crippen LogP contribution in [-0.4, -0.2) is 54.8 Å². The van der Waals surface area contributed by atoms with Crippen LogP contribution in [0, 0.1) is 5.92 Å². The molecular weight excluding hydrogens is 364 g/mol. The normalized spacial score (nSPS) is 17.0. The lowest BCUT2D eigenvalue weighted by Gasteiger charge is -2.39. The number of likely N-dealkylation sites (tertiary alicyclic amines) is 1. The lowest BCUT2D eigenvalue weighted by Crippen LogP contribution is -2.52. The first-order chi connectivity index (χ1) is 13.2. The summed E-state index contributed by atoms with van der Waals surface area (Å²) in [6, 6.07) is 7.04. The monoisotopic (exact) mass is 382 g/mol. The molecule has 2 aromatic heterocycles. The first-order valence-electron chi connectivity index (χ1n) is 8.95. The Morgan fingerprint density at radius 3 is 2.96 bits per heavy atom. The number of fused-ring (bicyclic) bond motifs is 2. The van der Waals surface area contributed by atoms with E-state index in [2.05, 4.69) is 20.5 Å². The molecule has 3 aromatic rings. The number of nitrogens with zero attached hydrogens (tertiary/aromatic N) is 5. The number of hydrogen-bond acceptors (Lipinski definition) is 6. The third-order valence-corrected chi connectivity index (χ3v) is 6.15. The zero-order valence-electron chi connectivity index (χ0n) is 14.6. The van der Waals surface area contributed by atoms with Crippen molar-refractivity contribution >= 4 is 28.7 Å². The molecule has 0 radical (unpaired) electrons. The molecule has 0 atom stereocenters. The average molecular weight is 382 g/mol. The summed E-state index contributed by atoms with van der Waals surface area (Å²) in [5.74, 6) is 2.17. The standard InChI is InChI=1S/C18H18N6O2S/c25-17-6-13-10-27-4-3-14(13)21-24(17)9-11-7-23(8-11)18(26)12-1-2-15-16(5-12)20-22-19-15/h1-2,5-6,11H,3-4,7-10H2,(H,19,20,22). The highest BCUT2D eigenvalue weighted by Gasteiger charge is 2.32. The third kappa shape index (κ3) is 3.01. The van der Waals surface area contributed by atoms with Crippen molar-refractivity contribution in [3.63, 3.8) is 0 Å². The van der Waals surface area contributed by atoms with Crippen molar-refractivity contribution in [2.45, 2.75) is 18.7 Å². The van der Waals surface area contributed by atoms with Gasteiger partial charge in [0, 0.05) is 42.8 Å². The maximum Gasteiger partial charge on any atom is 0.267 e. The van der Waals surface area contributed by atoms with Crippen molar-refractivity contribution in [3.8, 4) is 0 Å². The number of aromatic amines is 1. The third-order valence-electron chi connectivity index (χ3n) is 5.14. The van der Waals surface area contributed by atoms with Gasteiger partial charge in [-0.15, -0.1) is 0 Å². The minimum atomic E-state index is -0.0440. The summed E-state index contributed by atoms with van der Waals surface area (Å²) in [7, 11) is 0. The van der Waals surface area contributed by atoms with Crippen LogP contribution in [-0.2, 0) is 18.7 Å². The number of aryl methyl sites for hydroxylation is 1. The number of amides is 1. The Kier molecular flexibility index (Phi) is 3.96. The van der Waals surface area contributed by atoms with E-state index in [1.165, 1.54) is 0 Å². The van der Waals surface area contributed by atoms with Gasteiger partial charge in [0.15, 0.2) is 0 Å². The summed E-state index contributed by atoms with van der Waals surface area (Å²) in [5.41, 5.74) is 4.10. The van der Waals surface area contributed by atoms with Crippen LogP contribution in [0.15, 0.2) is 29.1 Å². The maximum atomic E-state index is 12.6. The lowest BCUT2D eigenvalue weighted by atomic mass is 9.98. The first kappa shape index (κ1) is 16.5. The number of hydrogen-bond donors (Lipinski definition) is 1. The number of nitrogens with one attached hydrogen (secondary N) is 1. The summed E-state index contributed by atoms with van der Waals surface area (Å²) in [4.78, 5) is 26.7. The lowest BCUT2D eigenvalue weighted by molar-refractivity contribution is 0.0458. The number of thioether (sulfide) groups is 1. The molecule has 1 N–H and O–H groups in total. The summed E-state index contributed by atoms with van der Waals surface area (Å²) in [6.45, 7) is 1.83. The molecule has 0 bridgehead atoms. The fourth-order valence-corrected chi connectivity index (χ4v) is 4.59. The van der Waals surface area contributed by atoms with Crippen molar-refractivity contribution in [1.29, 1.82) is 0 Å². The van der Waals surface area contributed by atoms with E-state index in [4.69, 9.17) is 0 Å². The van der Waals surface area contributed by atoms with Gasteiger partial charge < -0.3 is 4.90 Å². The smallest absolute Gasteiger partial charge is 0.267 e. The number of aromatic nitrogens is 5. The Morgan fingerprint density at radius 2 is 2.07 bits per heavy atom. The van der Waals surface area contributed by atoms with Gasteiger partial charge in [-0.05, 0) is 29.5 Å². The van der Waals surface area contributed by atoms with Crippen molar-refractivity contribution in [3.05, 3.63) is 51.4 Å². The van der Waals surface area contributed by atoms with Crippen LogP contribution in [0.4, 0.5) is 0 Å². The number of benzene rings is 1. The molecule has 1 saturated heterocycles. The molecule has 2 aliphatic rings. The van der Waals surface area contributed by atoms with E-state index in [0.717, 1.165) is 34.7 Å². The van der Waals surface area contributed by atoms with E-state index in [1.807, 2.05) is 11.8 Å². The molecule has 0 saturated carbocycles. The highest BCUT2D eigenvalue weighted by atomic mass is 32.2. The molecule has 5 rings (SSSR count). The molecule has 2 aliphatic heterocycles. The predicted molar refractivity (Wildman–Crippen MR) is 102 cm³/mol. The summed E-state index contributed by atoms with van der Waals surface area (Å²) < 4.78 is 1.57. The fourth-order valence-electron chi connectivity index (χ4n) is 3.63. The second-order valence-corrected chi connectivity index (χ2v) is 8.15. The van der Waals surface area contributed by atoms with Gasteiger partial charge in [0.25, 0.3) is 11.5 Å². The Bertz CT molecular complexity index is 1080. The first-order valence-corrected chi connectivity index (χ1v) is 10.1. The molecule has 138 valence electrons. The van der Waals surface area contributed by atoms with Crippen LogP contribution >= 0.6 is 11.8 Å². The molecule has 1 aromatic carbocycles. The van der Waals surface area contributed by atoms with E-state index in [1.54, 1.807) is 33.8 Å². The van der Waals surface area contributed by atoms with Crippen molar-refractivity contribution in [2.75, 3.05) is 18.8 Å². The topological polar surface area (TPSA) is 96.8 Å². The van der Waals surface area contributed by atoms with Gasteiger partial charge in [0.05, 0.1) is 12.2 Å². The van der Waals surface area contributed by atoms with E-state index < -0.39 is 0 Å². The minimum absolute atomic E-state index is 0.0149. The van der Waals surface area contributed by atoms with E-state index in [0.29, 0.717) is 30.7 Å². The van der Waals surface area contributed by atoms with Gasteiger partial charge in [0.2, 0.25) is 0 Å². The van der Waals surface area contributed by atoms with Crippen LogP contribution in [0.3, 0.4) is 0 Å². The summed E-state index contributed by atoms with van der Waals surface area (Å²) in [6.07, 6.45) is 0.917. The van der Waals surface area contributed by atoms with Gasteiger partial charge in [-0.1, -0.05) is 0 Å². The molecular formula is C18H18N6O2S. The molecule has 8 nitrogen and oxygen atoms in total. The number of H-pyrrole nitrogens is 1. The number of rotatable bonds is 3. The molecule has 0 aliphatic carbocycles. The number of carbonyl (C=O) groups excluding carboxylic acids is 1. The van der Waals surface area contributed by atoms with Gasteiger partial charge in [-0.3, -0.25) is 9.59 Å². The second-order valence-electron chi connectivity index (χ2n) is 7.04. The maximum absolute atomic E-state index is 12.6. The fraction of sp³-hybridized carbons (Fsp3) is 0.389. The zero-order chi connectivity index (χ0) is 18.4. The number of carbonyl (C=O) groups is 1. The molecule has 0 spiro atoms. The molecule has 1 amide bonds. The highest BCUT2D eigenvalue weighted by molar-refractivity contribution is 7.98. The van der Waals surface area contributed by atoms with E-state index in [-0.39, 0.29) is 17.4 Å². The van der Waals surface area contributed by atoms with Gasteiger partial charge >= 0.3 is 0 Å². The van der Waals surface area contributed by atoms with Crippen LogP contribution in [0.1, 0.15) is 21.6 Å². The zero-order valence-corrected chi connectivity index (χ0v) is 15.4. The van der Waals surface area contributed by atoms with Crippen molar-refractivity contribution < 1.29 is 4.79 Å². The Hall–Kier alpha value is -2.68. The minimum Gasteiger partial charge on any atom is -0.338 e. The van der Waals surface area contributed by atoms with Gasteiger partial charge in [-0.2, -0.15) is 32.3 Å². The summed E-state index contributed by atoms with van der Waals surface area (Å²) >= 11 is 1.84. The molecule has 0 unspecified atom stereocenters. The largest absolute Gasteiger partial charge is 0.338 e. The molecule has 4 heterocycles. The van der Waals surface area contributed by atoms with Crippen LogP contribution in [0.2, 0.25) is 0 Å². The second kappa shape index (κ2) is 6.49. The Morgan fingerprint density at radius 1 is 1.22 bits per heavy atom. The SMILES string of the molecule is O=C(c1ccc2n[nH]nc2c1)N1CC(Cn2nc3c(cc2=O)CSCC3)C1. The quantitative estimate of drug-likeness (QED) is 0.728. The summed E-state index contributed by atoms with van der Waals surface area (Å²) in [5, 5.41) is 15.1. The average Bonchev–Trinajstić information content (AvgIpc) is 3.11. The molecule has 1 fully saturated rings. The molecule has 27 heavy (non-hydrogen) atoms. The predicted octanol–water partition coefficient (Wildman–Crippen LogP) is 1.08. The van der Waals surface area contributed by atoms with Crippen molar-refractivity contribution in [2.24, 2.45) is 5.92 Å². The highest BCUT2D eigenvalue weighted by Crippen LogP contribution is 2.23. The van der Waals surface area contributed by atoms with Gasteiger partial charge in [-0.25, -0.2) is 4.68 Å².